The van der Waals surface area contributed by atoms with Crippen LogP contribution in [0.1, 0.15) is 18.1 Å². The molecule has 10 heteroatoms. The van der Waals surface area contributed by atoms with Crippen LogP contribution in [0, 0.1) is 5.41 Å². The van der Waals surface area contributed by atoms with E-state index in [9.17, 15) is 4.79 Å². The van der Waals surface area contributed by atoms with E-state index in [0.29, 0.717) is 40.3 Å². The number of amidine groups is 2. The van der Waals surface area contributed by atoms with Crippen molar-refractivity contribution in [3.63, 3.8) is 0 Å². The molecule has 2 aromatic carbocycles. The molecule has 2 aliphatic rings. The molecule has 0 saturated carbocycles. The third kappa shape index (κ3) is 5.44. The first kappa shape index (κ1) is 25.1. The third-order valence-corrected chi connectivity index (χ3v) is 6.08. The van der Waals surface area contributed by atoms with Gasteiger partial charge in [-0.25, -0.2) is 0 Å². The summed E-state index contributed by atoms with van der Waals surface area (Å²) in [5.41, 5.74) is 1.90. The number of fused-ring (bicyclic) bond motifs is 1. The Morgan fingerprint density at radius 2 is 1.69 bits per heavy atom. The van der Waals surface area contributed by atoms with Crippen LogP contribution >= 0.6 is 11.8 Å². The summed E-state index contributed by atoms with van der Waals surface area (Å²) in [6.45, 7) is 6.13. The molecule has 1 amide bonds. The van der Waals surface area contributed by atoms with E-state index in [1.54, 1.807) is 38.3 Å². The zero-order chi connectivity index (χ0) is 25.7. The smallest absolute Gasteiger partial charge is 0.283 e. The van der Waals surface area contributed by atoms with Crippen molar-refractivity contribution >= 4 is 39.8 Å². The highest BCUT2D eigenvalue weighted by Crippen LogP contribution is 2.32. The Kier molecular flexibility index (Phi) is 7.74. The number of benzene rings is 2. The number of hydrazone groups is 1. The summed E-state index contributed by atoms with van der Waals surface area (Å²) in [7, 11) is 3.14. The maximum Gasteiger partial charge on any atom is 0.283 e. The largest absolute Gasteiger partial charge is 0.493 e. The van der Waals surface area contributed by atoms with Gasteiger partial charge in [0.15, 0.2) is 28.8 Å². The molecule has 2 heterocycles. The molecule has 0 bridgehead atoms. The minimum absolute atomic E-state index is 0.0151. The van der Waals surface area contributed by atoms with Crippen molar-refractivity contribution in [1.82, 2.24) is 5.01 Å². The Bertz CT molecular complexity index is 1300. The molecule has 186 valence electrons. The minimum Gasteiger partial charge on any atom is -0.493 e. The molecule has 2 aromatic rings. The fraction of sp³-hybridized carbons (Fsp3) is 0.231. The number of hydrogen-bond donors (Lipinski definition) is 1. The average Bonchev–Trinajstić information content (AvgIpc) is 3.25. The van der Waals surface area contributed by atoms with Gasteiger partial charge >= 0.3 is 0 Å². The van der Waals surface area contributed by atoms with E-state index in [1.807, 2.05) is 24.3 Å². The number of nitrogens with zero attached hydrogens (tertiary/aromatic N) is 3. The van der Waals surface area contributed by atoms with Crippen LogP contribution in [0.15, 0.2) is 64.7 Å². The summed E-state index contributed by atoms with van der Waals surface area (Å²) in [6, 6.07) is 11.0. The highest BCUT2D eigenvalue weighted by Gasteiger charge is 2.34. The zero-order valence-corrected chi connectivity index (χ0v) is 21.1. The summed E-state index contributed by atoms with van der Waals surface area (Å²) in [5, 5.41) is 15.1. The van der Waals surface area contributed by atoms with Crippen molar-refractivity contribution in [2.75, 3.05) is 27.4 Å². The van der Waals surface area contributed by atoms with E-state index < -0.39 is 5.91 Å². The van der Waals surface area contributed by atoms with Gasteiger partial charge in [-0.05, 0) is 66.6 Å². The Labute approximate surface area is 213 Å². The van der Waals surface area contributed by atoms with Crippen LogP contribution in [0.3, 0.4) is 0 Å². The second-order valence-corrected chi connectivity index (χ2v) is 8.88. The lowest BCUT2D eigenvalue weighted by atomic mass is 10.1. The number of methoxy groups -OCH3 is 2. The van der Waals surface area contributed by atoms with Gasteiger partial charge in [0.25, 0.3) is 5.91 Å². The Hall–Kier alpha value is -4.05. The van der Waals surface area contributed by atoms with Crippen LogP contribution in [0.4, 0.5) is 0 Å². The van der Waals surface area contributed by atoms with Gasteiger partial charge in [-0.2, -0.15) is 15.1 Å². The number of thioether (sulfide) groups is 1. The van der Waals surface area contributed by atoms with Gasteiger partial charge in [-0.15, -0.1) is 6.58 Å². The SMILES string of the molecule is C=CCc1ccc(OCCOc2ccc(/C=C3/C(=N)N4N=C(C)SC4=NC3=O)cc2OC)c(OC)c1. The summed E-state index contributed by atoms with van der Waals surface area (Å²) in [5.74, 6) is 1.80. The number of rotatable bonds is 10. The van der Waals surface area contributed by atoms with Gasteiger partial charge in [-0.3, -0.25) is 10.2 Å². The van der Waals surface area contributed by atoms with Crippen LogP contribution < -0.4 is 18.9 Å². The lowest BCUT2D eigenvalue weighted by Crippen LogP contribution is -2.35. The fourth-order valence-electron chi connectivity index (χ4n) is 3.58. The summed E-state index contributed by atoms with van der Waals surface area (Å²) >= 11 is 1.27. The van der Waals surface area contributed by atoms with Crippen LogP contribution in [0.25, 0.3) is 6.08 Å². The maximum atomic E-state index is 12.5. The molecule has 0 aliphatic carbocycles. The van der Waals surface area contributed by atoms with E-state index in [2.05, 4.69) is 16.7 Å². The molecule has 4 rings (SSSR count). The quantitative estimate of drug-likeness (QED) is 0.287. The molecule has 0 unspecified atom stereocenters. The van der Waals surface area contributed by atoms with Gasteiger partial charge in [0.05, 0.1) is 24.8 Å². The summed E-state index contributed by atoms with van der Waals surface area (Å²) in [6.07, 6.45) is 4.18. The van der Waals surface area contributed by atoms with E-state index >= 15 is 0 Å². The lowest BCUT2D eigenvalue weighted by molar-refractivity contribution is -0.114. The monoisotopic (exact) mass is 506 g/mol. The predicted octanol–water partition coefficient (Wildman–Crippen LogP) is 4.53. The molecule has 0 saturated heterocycles. The first-order chi connectivity index (χ1) is 17.4. The van der Waals surface area contributed by atoms with E-state index in [0.717, 1.165) is 17.0 Å². The first-order valence-corrected chi connectivity index (χ1v) is 11.9. The number of nitrogens with one attached hydrogen (secondary N) is 1. The molecule has 36 heavy (non-hydrogen) atoms. The number of carbonyl (C=O) groups excluding carboxylic acids is 1. The Morgan fingerprint density at radius 3 is 2.36 bits per heavy atom. The van der Waals surface area contributed by atoms with Crippen molar-refractivity contribution in [2.24, 2.45) is 10.1 Å². The van der Waals surface area contributed by atoms with Gasteiger partial charge in [-0.1, -0.05) is 18.2 Å². The van der Waals surface area contributed by atoms with Crippen LogP contribution in [0.2, 0.25) is 0 Å². The third-order valence-electron chi connectivity index (χ3n) is 5.26. The van der Waals surface area contributed by atoms with E-state index in [-0.39, 0.29) is 18.0 Å². The molecule has 0 aromatic heterocycles. The number of hydrogen-bond acceptors (Lipinski definition) is 8. The molecule has 0 spiro atoms. The van der Waals surface area contributed by atoms with Gasteiger partial charge in [0.1, 0.15) is 13.2 Å². The molecular formula is C26H26N4O5S. The second-order valence-electron chi connectivity index (χ2n) is 7.72. The lowest BCUT2D eigenvalue weighted by Gasteiger charge is -2.20. The summed E-state index contributed by atoms with van der Waals surface area (Å²) in [4.78, 5) is 16.5. The summed E-state index contributed by atoms with van der Waals surface area (Å²) < 4.78 is 22.6. The van der Waals surface area contributed by atoms with Crippen LogP contribution in [-0.4, -0.2) is 54.4 Å². The van der Waals surface area contributed by atoms with Gasteiger partial charge < -0.3 is 18.9 Å². The molecule has 0 radical (unpaired) electrons. The molecule has 2 aliphatic heterocycles. The van der Waals surface area contributed by atoms with Crippen molar-refractivity contribution in [1.29, 1.82) is 5.41 Å². The van der Waals surface area contributed by atoms with Crippen LogP contribution in [0.5, 0.6) is 23.0 Å². The Morgan fingerprint density at radius 1 is 1.03 bits per heavy atom. The van der Waals surface area contributed by atoms with Crippen molar-refractivity contribution in [2.45, 2.75) is 13.3 Å². The number of allylic oxidation sites excluding steroid dienone is 1. The molecule has 9 nitrogen and oxygen atoms in total. The van der Waals surface area contributed by atoms with Gasteiger partial charge in [0.2, 0.25) is 5.17 Å². The molecular weight excluding hydrogens is 480 g/mol. The molecule has 0 atom stereocenters. The normalized spacial score (nSPS) is 15.9. The van der Waals surface area contributed by atoms with Crippen molar-refractivity contribution in [3.05, 3.63) is 65.8 Å². The average molecular weight is 507 g/mol. The second kappa shape index (κ2) is 11.1. The highest BCUT2D eigenvalue weighted by atomic mass is 32.2. The zero-order valence-electron chi connectivity index (χ0n) is 20.2. The van der Waals surface area contributed by atoms with Gasteiger partial charge in [0, 0.05) is 0 Å². The van der Waals surface area contributed by atoms with Crippen molar-refractivity contribution in [3.8, 4) is 23.0 Å². The fourth-order valence-corrected chi connectivity index (χ4v) is 4.31. The number of amides is 1. The minimum atomic E-state index is -0.479. The Balaban J connectivity index is 1.41. The topological polar surface area (TPSA) is 106 Å². The highest BCUT2D eigenvalue weighted by molar-refractivity contribution is 8.26. The molecule has 0 fully saturated rings. The number of ether oxygens (including phenoxy) is 4. The maximum absolute atomic E-state index is 12.5. The standard InChI is InChI=1S/C26H26N4O5S/c1-5-6-17-7-9-20(22(14-17)32-3)34-11-12-35-21-10-8-18(15-23(21)33-4)13-19-24(27)30-26(28-25(19)31)36-16(2)29-30/h5,7-10,13-15,27H,1,6,11-12H2,2-4H3/b19-13-,27-24?. The van der Waals surface area contributed by atoms with E-state index in [1.165, 1.54) is 23.9 Å². The van der Waals surface area contributed by atoms with Crippen molar-refractivity contribution < 1.29 is 23.7 Å². The molecule has 1 N–H and O–H groups in total. The van der Waals surface area contributed by atoms with Crippen LogP contribution in [-0.2, 0) is 11.2 Å². The number of aliphatic imine (C=N–C) groups is 1. The first-order valence-electron chi connectivity index (χ1n) is 11.1. The number of carbonyl (C=O) groups is 1. The predicted molar refractivity (Wildman–Crippen MR) is 142 cm³/mol. The van der Waals surface area contributed by atoms with E-state index in [4.69, 9.17) is 24.4 Å².